The van der Waals surface area contributed by atoms with Crippen LogP contribution in [0.2, 0.25) is 18.1 Å². The predicted molar refractivity (Wildman–Crippen MR) is 286 cm³/mol. The SMILES string of the molecule is COc1ccc(C(SOC2C(OC(=O)OC[C@H]3O[C@@H](n4ccc(NC(=O)c5ccccc5)nc4=O)C[C@@H]3O[Si](C)(C)C(C)(C)C)C3OC2C2C(=O)N(Cc4ccccc4)C(=O)C32)(c2ccccc2)c2ccccc2)cc1. The van der Waals surface area contributed by atoms with Crippen LogP contribution in [0.5, 0.6) is 5.75 Å². The van der Waals surface area contributed by atoms with Gasteiger partial charge in [-0.05, 0) is 70.7 Å². The highest BCUT2D eigenvalue weighted by Crippen LogP contribution is 2.55. The second-order valence-electron chi connectivity index (χ2n) is 20.9. The lowest BCUT2D eigenvalue weighted by Crippen LogP contribution is -2.51. The van der Waals surface area contributed by atoms with E-state index < -0.39 is 91.4 Å². The largest absolute Gasteiger partial charge is 0.508 e. The Bertz CT molecular complexity index is 3070. The molecule has 18 heteroatoms. The van der Waals surface area contributed by atoms with Gasteiger partial charge >= 0.3 is 11.8 Å². The molecule has 2 bridgehead atoms. The summed E-state index contributed by atoms with van der Waals surface area (Å²) in [5.74, 6) is -2.36. The molecule has 394 valence electrons. The highest BCUT2D eigenvalue weighted by Gasteiger charge is 2.71. The Morgan fingerprint density at radius 3 is 1.88 bits per heavy atom. The van der Waals surface area contributed by atoms with Crippen LogP contribution in [0.25, 0.3) is 0 Å². The zero-order valence-corrected chi connectivity index (χ0v) is 44.8. The number of nitrogens with one attached hydrogen (secondary N) is 1. The number of anilines is 1. The van der Waals surface area contributed by atoms with Gasteiger partial charge in [0.1, 0.15) is 53.6 Å². The molecule has 76 heavy (non-hydrogen) atoms. The van der Waals surface area contributed by atoms with E-state index in [-0.39, 0.29) is 36.3 Å². The van der Waals surface area contributed by atoms with Crippen LogP contribution in [0.3, 0.4) is 0 Å². The van der Waals surface area contributed by atoms with Crippen molar-refractivity contribution in [1.82, 2.24) is 14.5 Å². The summed E-state index contributed by atoms with van der Waals surface area (Å²) in [6.07, 6.45) is -6.03. The number of carbonyl (C=O) groups is 4. The van der Waals surface area contributed by atoms with Gasteiger partial charge in [0.25, 0.3) is 5.91 Å². The molecule has 5 heterocycles. The second-order valence-corrected chi connectivity index (χ2v) is 26.6. The van der Waals surface area contributed by atoms with E-state index in [0.29, 0.717) is 11.3 Å². The molecule has 16 nitrogen and oxygen atoms in total. The summed E-state index contributed by atoms with van der Waals surface area (Å²) in [4.78, 5) is 75.0. The predicted octanol–water partition coefficient (Wildman–Crippen LogP) is 9.31. The maximum Gasteiger partial charge on any atom is 0.508 e. The van der Waals surface area contributed by atoms with Crippen molar-refractivity contribution in [2.24, 2.45) is 11.8 Å². The van der Waals surface area contributed by atoms with E-state index in [1.165, 1.54) is 21.7 Å². The third kappa shape index (κ3) is 10.2. The van der Waals surface area contributed by atoms with E-state index in [4.69, 9.17) is 32.3 Å². The lowest BCUT2D eigenvalue weighted by atomic mass is 9.78. The molecule has 0 radical (unpaired) electrons. The topological polar surface area (TPSA) is 183 Å². The number of fused-ring (bicyclic) bond motifs is 5. The molecule has 3 amide bonds. The molecule has 5 aromatic carbocycles. The number of aromatic nitrogens is 2. The van der Waals surface area contributed by atoms with E-state index in [0.717, 1.165) is 34.3 Å². The number of rotatable bonds is 17. The van der Waals surface area contributed by atoms with E-state index >= 15 is 0 Å². The van der Waals surface area contributed by atoms with Crippen LogP contribution in [0.15, 0.2) is 163 Å². The highest BCUT2D eigenvalue weighted by atomic mass is 32.2. The fraction of sp³-hybridized carbons (Fsp3) is 0.345. The van der Waals surface area contributed by atoms with Gasteiger partial charge in [0.2, 0.25) is 11.8 Å². The van der Waals surface area contributed by atoms with Crippen molar-refractivity contribution in [1.29, 1.82) is 0 Å². The Balaban J connectivity index is 0.928. The number of likely N-dealkylation sites (tertiary alicyclic amines) is 1. The van der Waals surface area contributed by atoms with Gasteiger partial charge in [0.15, 0.2) is 14.4 Å². The zero-order valence-electron chi connectivity index (χ0n) is 43.0. The van der Waals surface area contributed by atoms with Gasteiger partial charge in [0, 0.05) is 30.2 Å². The molecule has 6 unspecified atom stereocenters. The second kappa shape index (κ2) is 21.6. The lowest BCUT2D eigenvalue weighted by molar-refractivity contribution is -0.144. The Labute approximate surface area is 446 Å². The van der Waals surface area contributed by atoms with Gasteiger partial charge in [-0.2, -0.15) is 4.98 Å². The summed E-state index contributed by atoms with van der Waals surface area (Å²) in [6, 6.07) is 46.8. The molecule has 0 saturated carbocycles. The minimum absolute atomic E-state index is 0.0685. The van der Waals surface area contributed by atoms with Crippen LogP contribution < -0.4 is 15.7 Å². The average Bonchev–Trinajstić information content (AvgIpc) is 4.19. The molecule has 4 aliphatic heterocycles. The first-order chi connectivity index (χ1) is 36.6. The summed E-state index contributed by atoms with van der Waals surface area (Å²) >= 11 is 1.14. The van der Waals surface area contributed by atoms with E-state index in [2.05, 4.69) is 44.2 Å². The summed E-state index contributed by atoms with van der Waals surface area (Å²) < 4.78 is 45.0. The standard InChI is InChI=1S/C58H60N4O12SSi/c1-57(2,3)76(5,6)74-42-33-45(61-32-31-44(60-55(61)66)59-52(63)37-21-13-8-14-22-37)70-43(42)35-69-56(67)72-50-48-46-47(54(65)62(53(46)64)34-36-19-11-7-12-20-36)49(71-48)51(50)73-75-58(38-23-15-9-16-24-38,39-25-17-10-18-26-39)40-27-29-41(68-4)30-28-40/h7-32,42-43,45-51H,33-35H2,1-6H3,(H,59,60,63,66)/t42-,43+,45+,46?,47?,48?,49?,50?,51?/m0/s1. The monoisotopic (exact) mass is 1060 g/mol. The number of methoxy groups -OCH3 is 1. The first kappa shape index (κ1) is 52.5. The quantitative estimate of drug-likeness (QED) is 0.0300. The highest BCUT2D eigenvalue weighted by molar-refractivity contribution is 7.96. The number of hydrogen-bond donors (Lipinski definition) is 1. The number of ether oxygens (including phenoxy) is 5. The number of nitrogens with zero attached hydrogens (tertiary/aromatic N) is 3. The van der Waals surface area contributed by atoms with Crippen molar-refractivity contribution in [3.05, 3.63) is 196 Å². The summed E-state index contributed by atoms with van der Waals surface area (Å²) in [6.45, 7) is 10.2. The molecular formula is C58H60N4O12SSi. The molecule has 6 aromatic rings. The number of hydrogen-bond acceptors (Lipinski definition) is 14. The van der Waals surface area contributed by atoms with Gasteiger partial charge in [-0.1, -0.05) is 142 Å². The van der Waals surface area contributed by atoms with Crippen molar-refractivity contribution in [2.45, 2.75) is 99.5 Å². The van der Waals surface area contributed by atoms with E-state index in [9.17, 15) is 24.0 Å². The van der Waals surface area contributed by atoms with Gasteiger partial charge in [-0.3, -0.25) is 23.9 Å². The summed E-state index contributed by atoms with van der Waals surface area (Å²) in [5.41, 5.74) is 3.13. The summed E-state index contributed by atoms with van der Waals surface area (Å²) in [5, 5.41) is 2.46. The molecule has 1 aromatic heterocycles. The lowest BCUT2D eigenvalue weighted by Gasteiger charge is -2.39. The maximum atomic E-state index is 14.4. The first-order valence-corrected chi connectivity index (χ1v) is 29.0. The Morgan fingerprint density at radius 2 is 1.30 bits per heavy atom. The molecule has 4 fully saturated rings. The fourth-order valence-electron chi connectivity index (χ4n) is 10.3. The molecule has 1 N–H and O–H groups in total. The minimum Gasteiger partial charge on any atom is -0.497 e. The van der Waals surface area contributed by atoms with E-state index in [1.54, 1.807) is 37.4 Å². The average molecular weight is 1070 g/mol. The molecule has 4 aliphatic rings. The Hall–Kier alpha value is -6.93. The third-order valence-corrected chi connectivity index (χ3v) is 21.0. The van der Waals surface area contributed by atoms with Crippen LogP contribution in [0, 0.1) is 11.8 Å². The molecular weight excluding hydrogens is 1000 g/mol. The third-order valence-electron chi connectivity index (χ3n) is 15.3. The number of amides is 3. The van der Waals surface area contributed by atoms with Gasteiger partial charge in [0.05, 0.1) is 31.6 Å². The molecule has 0 spiro atoms. The molecule has 10 rings (SSSR count). The Morgan fingerprint density at radius 1 is 0.737 bits per heavy atom. The molecule has 9 atom stereocenters. The fourth-order valence-corrected chi connectivity index (χ4v) is 12.9. The van der Waals surface area contributed by atoms with Crippen LogP contribution >= 0.6 is 12.0 Å². The van der Waals surface area contributed by atoms with Crippen molar-refractivity contribution in [3.8, 4) is 5.75 Å². The van der Waals surface area contributed by atoms with Crippen molar-refractivity contribution in [2.75, 3.05) is 19.0 Å². The Kier molecular flexibility index (Phi) is 14.9. The maximum absolute atomic E-state index is 14.4. The normalized spacial score (nSPS) is 24.1. The van der Waals surface area contributed by atoms with Crippen molar-refractivity contribution >= 4 is 50.1 Å². The number of imide groups is 1. The van der Waals surface area contributed by atoms with Gasteiger partial charge < -0.3 is 37.6 Å². The number of benzene rings is 5. The van der Waals surface area contributed by atoms with E-state index in [1.807, 2.05) is 115 Å². The zero-order chi connectivity index (χ0) is 53.4. The van der Waals surface area contributed by atoms with Crippen LogP contribution in [0.4, 0.5) is 10.6 Å². The van der Waals surface area contributed by atoms with Crippen LogP contribution in [0.1, 0.15) is 66.0 Å². The van der Waals surface area contributed by atoms with Crippen LogP contribution in [-0.2, 0) is 48.4 Å². The first-order valence-electron chi connectivity index (χ1n) is 25.3. The van der Waals surface area contributed by atoms with Crippen molar-refractivity contribution < 1.29 is 51.5 Å². The van der Waals surface area contributed by atoms with Crippen molar-refractivity contribution in [3.63, 3.8) is 0 Å². The minimum atomic E-state index is -2.49. The van der Waals surface area contributed by atoms with Gasteiger partial charge in [-0.25, -0.2) is 9.59 Å². The summed E-state index contributed by atoms with van der Waals surface area (Å²) in [7, 11) is -0.880. The molecule has 0 aliphatic carbocycles. The molecule has 4 saturated heterocycles. The van der Waals surface area contributed by atoms with Crippen LogP contribution in [-0.4, -0.2) is 97.0 Å². The number of carbonyl (C=O) groups excluding carboxylic acids is 4. The smallest absolute Gasteiger partial charge is 0.497 e. The van der Waals surface area contributed by atoms with Gasteiger partial charge in [-0.15, -0.1) is 0 Å².